The second kappa shape index (κ2) is 4.27. The molecule has 1 aromatic carbocycles. The lowest BCUT2D eigenvalue weighted by molar-refractivity contribution is 0.565. The summed E-state index contributed by atoms with van der Waals surface area (Å²) in [5.74, 6) is 0. The Labute approximate surface area is 71.3 Å². The normalized spacial score (nSPS) is 8.67. The maximum atomic E-state index is 10.0. The van der Waals surface area contributed by atoms with Crippen LogP contribution in [0.5, 0.6) is 0 Å². The van der Waals surface area contributed by atoms with Gasteiger partial charge in [-0.2, -0.15) is 4.99 Å². The molecule has 1 rings (SSSR count). The second-order valence-corrected chi connectivity index (χ2v) is 2.32. The number of isocyanates is 1. The Morgan fingerprint density at radius 2 is 2.25 bits per heavy atom. The van der Waals surface area contributed by atoms with E-state index in [2.05, 4.69) is 11.6 Å². The highest BCUT2D eigenvalue weighted by atomic mass is 16.1. The Kier molecular flexibility index (Phi) is 3.00. The zero-order chi connectivity index (χ0) is 8.81. The summed E-state index contributed by atoms with van der Waals surface area (Å²) in [6.45, 7) is 3.62. The van der Waals surface area contributed by atoms with Crippen molar-refractivity contribution in [3.05, 3.63) is 42.5 Å². The first kappa shape index (κ1) is 8.44. The number of rotatable bonds is 3. The van der Waals surface area contributed by atoms with Crippen LogP contribution in [-0.2, 0) is 11.2 Å². The van der Waals surface area contributed by atoms with Gasteiger partial charge < -0.3 is 0 Å². The van der Waals surface area contributed by atoms with Gasteiger partial charge >= 0.3 is 0 Å². The minimum absolute atomic E-state index is 0.674. The molecule has 0 atom stereocenters. The van der Waals surface area contributed by atoms with Gasteiger partial charge in [-0.1, -0.05) is 24.3 Å². The van der Waals surface area contributed by atoms with E-state index in [9.17, 15) is 4.79 Å². The number of aliphatic imine (C=N–C) groups is 1. The summed E-state index contributed by atoms with van der Waals surface area (Å²) in [5, 5.41) is 0. The van der Waals surface area contributed by atoms with Gasteiger partial charge in [-0.15, -0.1) is 6.58 Å². The number of allylic oxidation sites excluding steroid dienone is 1. The van der Waals surface area contributed by atoms with Gasteiger partial charge in [0.05, 0.1) is 5.69 Å². The van der Waals surface area contributed by atoms with E-state index in [-0.39, 0.29) is 0 Å². The van der Waals surface area contributed by atoms with Crippen molar-refractivity contribution in [2.24, 2.45) is 4.99 Å². The standard InChI is InChI=1S/C10H9NO/c1-2-5-9-6-3-4-7-10(9)11-8-12/h2-4,6-7H,1,5H2. The van der Waals surface area contributed by atoms with E-state index >= 15 is 0 Å². The molecule has 0 saturated heterocycles. The molecular weight excluding hydrogens is 150 g/mol. The molecule has 0 unspecified atom stereocenters. The number of benzene rings is 1. The number of nitrogens with zero attached hydrogens (tertiary/aromatic N) is 1. The van der Waals surface area contributed by atoms with Gasteiger partial charge in [0, 0.05) is 0 Å². The molecule has 0 bridgehead atoms. The third kappa shape index (κ3) is 1.91. The zero-order valence-electron chi connectivity index (χ0n) is 6.66. The van der Waals surface area contributed by atoms with E-state index in [1.807, 2.05) is 18.2 Å². The summed E-state index contributed by atoms with van der Waals surface area (Å²) >= 11 is 0. The van der Waals surface area contributed by atoms with Crippen molar-refractivity contribution in [3.8, 4) is 0 Å². The monoisotopic (exact) mass is 159 g/mol. The van der Waals surface area contributed by atoms with Crippen molar-refractivity contribution in [2.75, 3.05) is 0 Å². The minimum atomic E-state index is 0.674. The van der Waals surface area contributed by atoms with Crippen molar-refractivity contribution in [1.29, 1.82) is 0 Å². The zero-order valence-corrected chi connectivity index (χ0v) is 6.66. The Balaban J connectivity index is 3.07. The van der Waals surface area contributed by atoms with E-state index in [0.29, 0.717) is 5.69 Å². The van der Waals surface area contributed by atoms with Crippen molar-refractivity contribution >= 4 is 11.8 Å². The van der Waals surface area contributed by atoms with Crippen molar-refractivity contribution in [1.82, 2.24) is 0 Å². The molecule has 0 aliphatic heterocycles. The van der Waals surface area contributed by atoms with Crippen LogP contribution in [0.3, 0.4) is 0 Å². The Bertz CT molecular complexity index is 324. The predicted molar refractivity (Wildman–Crippen MR) is 48.1 cm³/mol. The molecule has 0 fully saturated rings. The van der Waals surface area contributed by atoms with Crippen LogP contribution in [0.25, 0.3) is 0 Å². The van der Waals surface area contributed by atoms with Crippen molar-refractivity contribution in [2.45, 2.75) is 6.42 Å². The molecular formula is C10H9NO. The lowest BCUT2D eigenvalue weighted by Gasteiger charge is -1.98. The fraction of sp³-hybridized carbons (Fsp3) is 0.100. The highest BCUT2D eigenvalue weighted by molar-refractivity contribution is 5.53. The van der Waals surface area contributed by atoms with Gasteiger partial charge in [0.1, 0.15) is 0 Å². The molecule has 1 aromatic rings. The molecule has 0 radical (unpaired) electrons. The molecule has 0 saturated carbocycles. The van der Waals surface area contributed by atoms with Gasteiger partial charge in [0.15, 0.2) is 0 Å². The highest BCUT2D eigenvalue weighted by Gasteiger charge is 1.96. The molecule has 0 heterocycles. The average molecular weight is 159 g/mol. The molecule has 60 valence electrons. The number of carbonyl (C=O) groups excluding carboxylic acids is 1. The SMILES string of the molecule is C=CCc1ccccc1N=C=O. The summed E-state index contributed by atoms with van der Waals surface area (Å²) in [6, 6.07) is 7.44. The van der Waals surface area contributed by atoms with Gasteiger partial charge in [0.2, 0.25) is 6.08 Å². The minimum Gasteiger partial charge on any atom is -0.211 e. The number of para-hydroxylation sites is 1. The van der Waals surface area contributed by atoms with Crippen molar-refractivity contribution < 1.29 is 4.79 Å². The molecule has 12 heavy (non-hydrogen) atoms. The first-order chi connectivity index (χ1) is 5.88. The van der Waals surface area contributed by atoms with Crippen LogP contribution >= 0.6 is 0 Å². The number of hydrogen-bond donors (Lipinski definition) is 0. The predicted octanol–water partition coefficient (Wildman–Crippen LogP) is 2.38. The molecule has 2 nitrogen and oxygen atoms in total. The second-order valence-electron chi connectivity index (χ2n) is 2.32. The lowest BCUT2D eigenvalue weighted by Crippen LogP contribution is -1.80. The molecule has 0 aliphatic rings. The highest BCUT2D eigenvalue weighted by Crippen LogP contribution is 2.18. The van der Waals surface area contributed by atoms with Crippen LogP contribution in [0.1, 0.15) is 5.56 Å². The first-order valence-electron chi connectivity index (χ1n) is 3.65. The maximum absolute atomic E-state index is 10.0. The van der Waals surface area contributed by atoms with Gasteiger partial charge in [-0.3, -0.25) is 0 Å². The molecule has 0 aromatic heterocycles. The van der Waals surface area contributed by atoms with Crippen LogP contribution in [0.15, 0.2) is 41.9 Å². The number of hydrogen-bond acceptors (Lipinski definition) is 2. The fourth-order valence-corrected chi connectivity index (χ4v) is 0.997. The third-order valence-electron chi connectivity index (χ3n) is 1.52. The van der Waals surface area contributed by atoms with E-state index in [1.54, 1.807) is 12.1 Å². The van der Waals surface area contributed by atoms with E-state index < -0.39 is 0 Å². The first-order valence-corrected chi connectivity index (χ1v) is 3.65. The van der Waals surface area contributed by atoms with Crippen LogP contribution in [0.4, 0.5) is 5.69 Å². The largest absolute Gasteiger partial charge is 0.240 e. The topological polar surface area (TPSA) is 29.4 Å². The molecule has 2 heteroatoms. The van der Waals surface area contributed by atoms with Crippen LogP contribution in [0, 0.1) is 0 Å². The fourth-order valence-electron chi connectivity index (χ4n) is 0.997. The molecule has 0 amide bonds. The summed E-state index contributed by atoms with van der Waals surface area (Å²) in [4.78, 5) is 13.6. The molecule has 0 N–H and O–H groups in total. The Hall–Kier alpha value is -1.66. The quantitative estimate of drug-likeness (QED) is 0.378. The van der Waals surface area contributed by atoms with E-state index in [1.165, 1.54) is 6.08 Å². The Morgan fingerprint density at radius 3 is 2.92 bits per heavy atom. The average Bonchev–Trinajstić information content (AvgIpc) is 2.09. The van der Waals surface area contributed by atoms with Gasteiger partial charge in [-0.05, 0) is 18.1 Å². The van der Waals surface area contributed by atoms with Crippen molar-refractivity contribution in [3.63, 3.8) is 0 Å². The van der Waals surface area contributed by atoms with Crippen LogP contribution in [-0.4, -0.2) is 6.08 Å². The lowest BCUT2D eigenvalue weighted by atomic mass is 10.1. The van der Waals surface area contributed by atoms with Crippen LogP contribution < -0.4 is 0 Å². The maximum Gasteiger partial charge on any atom is 0.240 e. The Morgan fingerprint density at radius 1 is 1.50 bits per heavy atom. The summed E-state index contributed by atoms with van der Waals surface area (Å²) in [7, 11) is 0. The molecule has 0 aliphatic carbocycles. The van der Waals surface area contributed by atoms with E-state index in [4.69, 9.17) is 0 Å². The van der Waals surface area contributed by atoms with E-state index in [0.717, 1.165) is 12.0 Å². The van der Waals surface area contributed by atoms with Gasteiger partial charge in [0.25, 0.3) is 0 Å². The molecule has 0 spiro atoms. The third-order valence-corrected chi connectivity index (χ3v) is 1.52. The summed E-state index contributed by atoms with van der Waals surface area (Å²) in [6.07, 6.45) is 4.02. The van der Waals surface area contributed by atoms with Gasteiger partial charge in [-0.25, -0.2) is 4.79 Å². The van der Waals surface area contributed by atoms with Crippen LogP contribution in [0.2, 0.25) is 0 Å². The summed E-state index contributed by atoms with van der Waals surface area (Å²) in [5.41, 5.74) is 1.67. The smallest absolute Gasteiger partial charge is 0.211 e. The summed E-state index contributed by atoms with van der Waals surface area (Å²) < 4.78 is 0.